The second-order valence-corrected chi connectivity index (χ2v) is 9.17. The van der Waals surface area contributed by atoms with Gasteiger partial charge in [-0.05, 0) is 38.8 Å². The average Bonchev–Trinajstić information content (AvgIpc) is 3.21. The number of aromatic nitrogens is 3. The number of hydrogen-bond acceptors (Lipinski definition) is 7. The molecule has 0 unspecified atom stereocenters. The number of hydrogen-bond donors (Lipinski definition) is 2. The number of rotatable bonds is 6. The number of carbonyl (C=O) groups excluding carboxylic acids is 2. The van der Waals surface area contributed by atoms with Crippen molar-refractivity contribution in [3.05, 3.63) is 47.0 Å². The van der Waals surface area contributed by atoms with Crippen LogP contribution < -0.4 is 21.1 Å². The normalized spacial score (nSPS) is 16.3. The molecule has 0 saturated carbocycles. The molecule has 2 aromatic heterocycles. The molecule has 1 atom stereocenters. The zero-order valence-corrected chi connectivity index (χ0v) is 18.9. The molecular formula is C22H26N6O3S. The van der Waals surface area contributed by atoms with E-state index >= 15 is 0 Å². The van der Waals surface area contributed by atoms with Crippen molar-refractivity contribution in [3.63, 3.8) is 0 Å². The molecule has 0 bridgehead atoms. The molecule has 10 heteroatoms. The zero-order valence-electron chi connectivity index (χ0n) is 18.1. The highest BCUT2D eigenvalue weighted by Crippen LogP contribution is 2.29. The molecule has 3 heterocycles. The lowest BCUT2D eigenvalue weighted by molar-refractivity contribution is -0.125. The van der Waals surface area contributed by atoms with Crippen LogP contribution in [0, 0.1) is 5.92 Å². The third-order valence-corrected chi connectivity index (χ3v) is 6.33. The SMILES string of the molecule is CC(C)NC(=O)[C@H]1CCCN(c2nc3ncn(CC(=O)Nc4ccccc4)c(=O)c3s2)C1. The Morgan fingerprint density at radius 2 is 2.03 bits per heavy atom. The lowest BCUT2D eigenvalue weighted by Crippen LogP contribution is -2.44. The van der Waals surface area contributed by atoms with Crippen molar-refractivity contribution >= 4 is 44.3 Å². The van der Waals surface area contributed by atoms with Crippen molar-refractivity contribution in [1.29, 1.82) is 0 Å². The van der Waals surface area contributed by atoms with Gasteiger partial charge in [0.25, 0.3) is 5.56 Å². The van der Waals surface area contributed by atoms with E-state index in [2.05, 4.69) is 20.6 Å². The van der Waals surface area contributed by atoms with Crippen molar-refractivity contribution < 1.29 is 9.59 Å². The second kappa shape index (κ2) is 9.47. The van der Waals surface area contributed by atoms with Gasteiger partial charge in [0.1, 0.15) is 17.6 Å². The Kier molecular flexibility index (Phi) is 6.50. The van der Waals surface area contributed by atoms with Crippen molar-refractivity contribution in [2.45, 2.75) is 39.3 Å². The number of amides is 2. The quantitative estimate of drug-likeness (QED) is 0.591. The van der Waals surface area contributed by atoms with Crippen molar-refractivity contribution in [2.24, 2.45) is 5.92 Å². The topological polar surface area (TPSA) is 109 Å². The monoisotopic (exact) mass is 454 g/mol. The molecule has 2 amide bonds. The van der Waals surface area contributed by atoms with Gasteiger partial charge in [-0.3, -0.25) is 19.0 Å². The minimum atomic E-state index is -0.306. The number of piperidine rings is 1. The Morgan fingerprint density at radius 3 is 2.78 bits per heavy atom. The number of anilines is 2. The van der Waals surface area contributed by atoms with E-state index in [0.29, 0.717) is 27.7 Å². The first-order chi connectivity index (χ1) is 15.4. The number of para-hydroxylation sites is 1. The third kappa shape index (κ3) is 4.96. The number of thiazole rings is 1. The Balaban J connectivity index is 1.49. The fraction of sp³-hybridized carbons (Fsp3) is 0.409. The molecule has 1 saturated heterocycles. The molecular weight excluding hydrogens is 428 g/mol. The van der Waals surface area contributed by atoms with Crippen LogP contribution in [0.1, 0.15) is 26.7 Å². The molecule has 0 aliphatic carbocycles. The summed E-state index contributed by atoms with van der Waals surface area (Å²) in [5, 5.41) is 6.42. The van der Waals surface area contributed by atoms with Crippen LogP contribution in [0.15, 0.2) is 41.5 Å². The Morgan fingerprint density at radius 1 is 1.25 bits per heavy atom. The van der Waals surface area contributed by atoms with E-state index in [0.717, 1.165) is 19.4 Å². The predicted octanol–water partition coefficient (Wildman–Crippen LogP) is 2.23. The first-order valence-corrected chi connectivity index (χ1v) is 11.5. The number of carbonyl (C=O) groups is 2. The summed E-state index contributed by atoms with van der Waals surface area (Å²) in [4.78, 5) is 48.6. The first kappa shape index (κ1) is 21.9. The molecule has 1 aliphatic heterocycles. The average molecular weight is 455 g/mol. The zero-order chi connectivity index (χ0) is 22.7. The van der Waals surface area contributed by atoms with Gasteiger partial charge in [0.2, 0.25) is 11.8 Å². The summed E-state index contributed by atoms with van der Waals surface area (Å²) in [7, 11) is 0. The van der Waals surface area contributed by atoms with E-state index in [4.69, 9.17) is 0 Å². The summed E-state index contributed by atoms with van der Waals surface area (Å²) in [5.74, 6) is -0.362. The summed E-state index contributed by atoms with van der Waals surface area (Å²) in [6.07, 6.45) is 3.07. The number of nitrogens with one attached hydrogen (secondary N) is 2. The van der Waals surface area contributed by atoms with E-state index in [1.54, 1.807) is 12.1 Å². The molecule has 1 aliphatic rings. The number of nitrogens with zero attached hydrogens (tertiary/aromatic N) is 4. The van der Waals surface area contributed by atoms with Crippen LogP contribution in [0.4, 0.5) is 10.8 Å². The molecule has 3 aromatic rings. The molecule has 168 valence electrons. The Hall–Kier alpha value is -3.27. The molecule has 32 heavy (non-hydrogen) atoms. The van der Waals surface area contributed by atoms with E-state index in [-0.39, 0.29) is 35.9 Å². The van der Waals surface area contributed by atoms with Gasteiger partial charge >= 0.3 is 0 Å². The highest BCUT2D eigenvalue weighted by atomic mass is 32.1. The molecule has 0 spiro atoms. The van der Waals surface area contributed by atoms with E-state index in [1.165, 1.54) is 22.2 Å². The summed E-state index contributed by atoms with van der Waals surface area (Å²) < 4.78 is 1.70. The standard InChI is InChI=1S/C22H26N6O3S/c1-14(2)24-20(30)15-7-6-10-27(11-15)22-26-19-18(32-22)21(31)28(13-23-19)12-17(29)25-16-8-4-3-5-9-16/h3-5,8-9,13-15H,6-7,10-12H2,1-2H3,(H,24,30)(H,25,29)/t15-/m0/s1. The van der Waals surface area contributed by atoms with E-state index in [1.807, 2.05) is 36.9 Å². The van der Waals surface area contributed by atoms with E-state index < -0.39 is 0 Å². The van der Waals surface area contributed by atoms with Crippen molar-refractivity contribution in [1.82, 2.24) is 19.9 Å². The van der Waals surface area contributed by atoms with Crippen LogP contribution in [-0.2, 0) is 16.1 Å². The van der Waals surface area contributed by atoms with Gasteiger partial charge in [0.05, 0.1) is 5.92 Å². The van der Waals surface area contributed by atoms with Crippen molar-refractivity contribution in [2.75, 3.05) is 23.3 Å². The van der Waals surface area contributed by atoms with Crippen LogP contribution in [0.2, 0.25) is 0 Å². The molecule has 4 rings (SSSR count). The minimum Gasteiger partial charge on any atom is -0.354 e. The molecule has 2 N–H and O–H groups in total. The molecule has 0 radical (unpaired) electrons. The highest BCUT2D eigenvalue weighted by Gasteiger charge is 2.28. The maximum absolute atomic E-state index is 12.9. The summed E-state index contributed by atoms with van der Waals surface area (Å²) >= 11 is 1.26. The van der Waals surface area contributed by atoms with Gasteiger partial charge in [-0.15, -0.1) is 0 Å². The van der Waals surface area contributed by atoms with Gasteiger partial charge in [-0.2, -0.15) is 4.98 Å². The van der Waals surface area contributed by atoms with Crippen LogP contribution in [0.3, 0.4) is 0 Å². The fourth-order valence-corrected chi connectivity index (χ4v) is 4.73. The predicted molar refractivity (Wildman–Crippen MR) is 125 cm³/mol. The number of benzene rings is 1. The van der Waals surface area contributed by atoms with Gasteiger partial charge in [-0.1, -0.05) is 29.5 Å². The summed E-state index contributed by atoms with van der Waals surface area (Å²) in [6.45, 7) is 5.10. The van der Waals surface area contributed by atoms with Crippen LogP contribution >= 0.6 is 11.3 Å². The van der Waals surface area contributed by atoms with Crippen LogP contribution in [0.25, 0.3) is 10.3 Å². The van der Waals surface area contributed by atoms with Crippen molar-refractivity contribution in [3.8, 4) is 0 Å². The Bertz CT molecular complexity index is 1170. The second-order valence-electron chi connectivity index (χ2n) is 8.19. The minimum absolute atomic E-state index is 0.0516. The van der Waals surface area contributed by atoms with Gasteiger partial charge in [0.15, 0.2) is 10.8 Å². The molecule has 1 fully saturated rings. The fourth-order valence-electron chi connectivity index (χ4n) is 3.73. The van der Waals surface area contributed by atoms with Gasteiger partial charge in [-0.25, -0.2) is 4.98 Å². The maximum atomic E-state index is 12.9. The van der Waals surface area contributed by atoms with Crippen LogP contribution in [-0.4, -0.2) is 45.5 Å². The lowest BCUT2D eigenvalue weighted by Gasteiger charge is -2.32. The lowest BCUT2D eigenvalue weighted by atomic mass is 9.97. The van der Waals surface area contributed by atoms with E-state index in [9.17, 15) is 14.4 Å². The molecule has 1 aromatic carbocycles. The highest BCUT2D eigenvalue weighted by molar-refractivity contribution is 7.22. The molecule has 9 nitrogen and oxygen atoms in total. The largest absolute Gasteiger partial charge is 0.354 e. The smallest absolute Gasteiger partial charge is 0.273 e. The van der Waals surface area contributed by atoms with Gasteiger partial charge in [0, 0.05) is 24.8 Å². The van der Waals surface area contributed by atoms with Crippen LogP contribution in [0.5, 0.6) is 0 Å². The number of fused-ring (bicyclic) bond motifs is 1. The third-order valence-electron chi connectivity index (χ3n) is 5.24. The van der Waals surface area contributed by atoms with Gasteiger partial charge < -0.3 is 15.5 Å². The first-order valence-electron chi connectivity index (χ1n) is 10.7. The summed E-state index contributed by atoms with van der Waals surface area (Å²) in [5.41, 5.74) is 0.734. The maximum Gasteiger partial charge on any atom is 0.273 e. The Labute approximate surface area is 189 Å². The summed E-state index contributed by atoms with van der Waals surface area (Å²) in [6, 6.07) is 9.18.